The molecule has 1 amide bonds. The van der Waals surface area contributed by atoms with Gasteiger partial charge in [-0.05, 0) is 30.3 Å². The van der Waals surface area contributed by atoms with Crippen LogP contribution in [0.2, 0.25) is 0 Å². The number of rotatable bonds is 5. The molecule has 4 aromatic rings. The van der Waals surface area contributed by atoms with E-state index in [9.17, 15) is 4.79 Å². The smallest absolute Gasteiger partial charge is 0.256 e. The molecule has 0 bridgehead atoms. The number of aromatic nitrogens is 2. The van der Waals surface area contributed by atoms with Gasteiger partial charge in [0.05, 0.1) is 16.8 Å². The van der Waals surface area contributed by atoms with Crippen molar-refractivity contribution >= 4 is 45.8 Å². The van der Waals surface area contributed by atoms with Crippen LogP contribution < -0.4 is 5.32 Å². The van der Waals surface area contributed by atoms with Gasteiger partial charge in [-0.3, -0.25) is 4.79 Å². The number of fused-ring (bicyclic) bond motifs is 1. The highest BCUT2D eigenvalue weighted by Gasteiger charge is 2.21. The Morgan fingerprint density at radius 2 is 2.03 bits per heavy atom. The lowest BCUT2D eigenvalue weighted by Gasteiger charge is -2.11. The number of thioether (sulfide) groups is 1. The topological polar surface area (TPSA) is 68.0 Å². The number of thiazole rings is 1. The van der Waals surface area contributed by atoms with Gasteiger partial charge in [0, 0.05) is 27.1 Å². The average molecular weight is 424 g/mol. The van der Waals surface area contributed by atoms with Crippen molar-refractivity contribution in [1.82, 2.24) is 9.97 Å². The molecular formula is C22H21N3O2S2. The maximum absolute atomic E-state index is 12.9. The van der Waals surface area contributed by atoms with E-state index in [1.807, 2.05) is 53.4 Å². The molecule has 1 N–H and O–H groups in total. The van der Waals surface area contributed by atoms with E-state index in [-0.39, 0.29) is 11.3 Å². The summed E-state index contributed by atoms with van der Waals surface area (Å²) in [6, 6.07) is 13.1. The van der Waals surface area contributed by atoms with Crippen molar-refractivity contribution in [2.24, 2.45) is 0 Å². The lowest BCUT2D eigenvalue weighted by atomic mass is 9.97. The molecule has 5 nitrogen and oxygen atoms in total. The first-order chi connectivity index (χ1) is 13.9. The van der Waals surface area contributed by atoms with Crippen LogP contribution in [0, 0.1) is 0 Å². The van der Waals surface area contributed by atoms with Crippen LogP contribution >= 0.6 is 23.1 Å². The summed E-state index contributed by atoms with van der Waals surface area (Å²) in [6.45, 7) is 6.17. The number of oxazole rings is 1. The zero-order chi connectivity index (χ0) is 20.4. The summed E-state index contributed by atoms with van der Waals surface area (Å²) >= 11 is 3.18. The number of carbonyl (C=O) groups excluding carboxylic acids is 1. The maximum Gasteiger partial charge on any atom is 0.256 e. The molecule has 2 aromatic heterocycles. The molecule has 0 aliphatic heterocycles. The second-order valence-electron chi connectivity index (χ2n) is 7.67. The van der Waals surface area contributed by atoms with E-state index in [0.29, 0.717) is 22.7 Å². The van der Waals surface area contributed by atoms with Gasteiger partial charge >= 0.3 is 0 Å². The Morgan fingerprint density at radius 3 is 2.79 bits per heavy atom. The molecule has 0 unspecified atom stereocenters. The number of nitrogens with one attached hydrogen (secondary N) is 1. The second kappa shape index (κ2) is 8.00. The van der Waals surface area contributed by atoms with Gasteiger partial charge in [-0.1, -0.05) is 32.9 Å². The third-order valence-corrected chi connectivity index (χ3v) is 6.02. The van der Waals surface area contributed by atoms with Crippen LogP contribution in [0.1, 0.15) is 42.7 Å². The van der Waals surface area contributed by atoms with E-state index < -0.39 is 0 Å². The standard InChI is InChI=1S/C22H21N3O2S2/c1-22(2,3)21-25-17-10-14(8-9-18(17)27-21)24-20(26)16-6-4-5-7-19(16)29-12-15-11-28-13-23-15/h4-11,13H,12H2,1-3H3,(H,24,26). The van der Waals surface area contributed by atoms with Crippen molar-refractivity contribution in [2.75, 3.05) is 5.32 Å². The summed E-state index contributed by atoms with van der Waals surface area (Å²) in [5, 5.41) is 5.01. The van der Waals surface area contributed by atoms with Gasteiger partial charge in [0.2, 0.25) is 5.89 Å². The highest BCUT2D eigenvalue weighted by Crippen LogP contribution is 2.29. The molecule has 0 aliphatic carbocycles. The summed E-state index contributed by atoms with van der Waals surface area (Å²) in [5.74, 6) is 1.26. The number of hydrogen-bond donors (Lipinski definition) is 1. The molecule has 0 saturated carbocycles. The van der Waals surface area contributed by atoms with E-state index in [4.69, 9.17) is 4.42 Å². The predicted molar refractivity (Wildman–Crippen MR) is 119 cm³/mol. The summed E-state index contributed by atoms with van der Waals surface area (Å²) < 4.78 is 5.83. The molecule has 0 saturated heterocycles. The van der Waals surface area contributed by atoms with Crippen LogP contribution in [0.5, 0.6) is 0 Å². The first-order valence-corrected chi connectivity index (χ1v) is 11.1. The van der Waals surface area contributed by atoms with Crippen LogP contribution in [-0.2, 0) is 11.2 Å². The Morgan fingerprint density at radius 1 is 1.21 bits per heavy atom. The van der Waals surface area contributed by atoms with Crippen molar-refractivity contribution in [2.45, 2.75) is 36.8 Å². The van der Waals surface area contributed by atoms with Crippen LogP contribution in [0.25, 0.3) is 11.1 Å². The molecule has 2 heterocycles. The molecule has 0 atom stereocenters. The lowest BCUT2D eigenvalue weighted by Crippen LogP contribution is -2.13. The van der Waals surface area contributed by atoms with Gasteiger partial charge in [0.25, 0.3) is 5.91 Å². The Labute approximate surface area is 177 Å². The molecule has 7 heteroatoms. The highest BCUT2D eigenvalue weighted by atomic mass is 32.2. The molecule has 0 radical (unpaired) electrons. The molecular weight excluding hydrogens is 402 g/mol. The number of nitrogens with zero attached hydrogens (tertiary/aromatic N) is 2. The average Bonchev–Trinajstić information content (AvgIpc) is 3.35. The Hall–Kier alpha value is -2.64. The zero-order valence-electron chi connectivity index (χ0n) is 16.4. The van der Waals surface area contributed by atoms with Crippen molar-refractivity contribution in [3.63, 3.8) is 0 Å². The lowest BCUT2D eigenvalue weighted by molar-refractivity contribution is 0.102. The SMILES string of the molecule is CC(C)(C)c1nc2cc(NC(=O)c3ccccc3SCc3cscn3)ccc2o1. The van der Waals surface area contributed by atoms with Gasteiger partial charge in [0.15, 0.2) is 5.58 Å². The summed E-state index contributed by atoms with van der Waals surface area (Å²) in [5.41, 5.74) is 5.45. The van der Waals surface area contributed by atoms with Gasteiger partial charge in [-0.15, -0.1) is 23.1 Å². The third kappa shape index (κ3) is 4.52. The van der Waals surface area contributed by atoms with Gasteiger partial charge in [-0.25, -0.2) is 9.97 Å². The molecule has 148 valence electrons. The number of benzene rings is 2. The van der Waals surface area contributed by atoms with Crippen LogP contribution in [0.3, 0.4) is 0 Å². The van der Waals surface area contributed by atoms with Gasteiger partial charge < -0.3 is 9.73 Å². The molecule has 0 fully saturated rings. The fourth-order valence-electron chi connectivity index (χ4n) is 2.77. The minimum Gasteiger partial charge on any atom is -0.440 e. The van der Waals surface area contributed by atoms with E-state index in [0.717, 1.165) is 21.9 Å². The molecule has 0 aliphatic rings. The third-order valence-electron chi connectivity index (χ3n) is 4.28. The fourth-order valence-corrected chi connectivity index (χ4v) is 4.38. The number of anilines is 1. The molecule has 29 heavy (non-hydrogen) atoms. The van der Waals surface area contributed by atoms with Crippen LogP contribution in [-0.4, -0.2) is 15.9 Å². The normalized spacial score (nSPS) is 11.7. The van der Waals surface area contributed by atoms with Crippen LogP contribution in [0.15, 0.2) is 62.7 Å². The maximum atomic E-state index is 12.9. The number of amides is 1. The Bertz CT molecular complexity index is 1140. The quantitative estimate of drug-likeness (QED) is 0.391. The monoisotopic (exact) mass is 423 g/mol. The summed E-state index contributed by atoms with van der Waals surface area (Å²) in [6.07, 6.45) is 0. The second-order valence-corrected chi connectivity index (χ2v) is 9.41. The number of carbonyl (C=O) groups is 1. The molecule has 2 aromatic carbocycles. The van der Waals surface area contributed by atoms with Crippen LogP contribution in [0.4, 0.5) is 5.69 Å². The van der Waals surface area contributed by atoms with Crippen molar-refractivity contribution in [1.29, 1.82) is 0 Å². The van der Waals surface area contributed by atoms with E-state index in [2.05, 4.69) is 36.1 Å². The highest BCUT2D eigenvalue weighted by molar-refractivity contribution is 7.98. The molecule has 0 spiro atoms. The first kappa shape index (κ1) is 19.7. The van der Waals surface area contributed by atoms with E-state index >= 15 is 0 Å². The molecule has 4 rings (SSSR count). The van der Waals surface area contributed by atoms with E-state index in [1.54, 1.807) is 23.1 Å². The first-order valence-electron chi connectivity index (χ1n) is 9.21. The van der Waals surface area contributed by atoms with E-state index in [1.165, 1.54) is 0 Å². The van der Waals surface area contributed by atoms with Gasteiger partial charge in [-0.2, -0.15) is 0 Å². The van der Waals surface area contributed by atoms with Gasteiger partial charge in [0.1, 0.15) is 5.52 Å². The summed E-state index contributed by atoms with van der Waals surface area (Å²) in [7, 11) is 0. The number of hydrogen-bond acceptors (Lipinski definition) is 6. The fraction of sp³-hybridized carbons (Fsp3) is 0.227. The zero-order valence-corrected chi connectivity index (χ0v) is 18.1. The largest absolute Gasteiger partial charge is 0.440 e. The minimum absolute atomic E-state index is 0.148. The summed E-state index contributed by atoms with van der Waals surface area (Å²) in [4.78, 5) is 22.7. The van der Waals surface area contributed by atoms with Crippen molar-refractivity contribution in [3.8, 4) is 0 Å². The van der Waals surface area contributed by atoms with Crippen molar-refractivity contribution in [3.05, 3.63) is 70.5 Å². The predicted octanol–water partition coefficient (Wildman–Crippen LogP) is 6.13. The van der Waals surface area contributed by atoms with Crippen molar-refractivity contribution < 1.29 is 9.21 Å². The minimum atomic E-state index is -0.171. The Balaban J connectivity index is 1.53. The Kier molecular flexibility index (Phi) is 5.43.